The summed E-state index contributed by atoms with van der Waals surface area (Å²) in [4.78, 5) is 0. The summed E-state index contributed by atoms with van der Waals surface area (Å²) in [6, 6.07) is 1.21. The number of hydrogen-bond acceptors (Lipinski definition) is 8. The van der Waals surface area contributed by atoms with Crippen LogP contribution in [0.15, 0.2) is 0 Å². The van der Waals surface area contributed by atoms with Gasteiger partial charge in [0.05, 0.1) is 0 Å². The molecule has 0 aliphatic carbocycles. The highest BCUT2D eigenvalue weighted by atomic mass is 28.5. The molecule has 0 rings (SSSR count). The molecule has 0 aromatic carbocycles. The standard InChI is InChI=1S/C9H26O8Si3/c1-10-18(17-20(14-5,15-6)16-7)8-9-19(11-2,12-3)13-4/h18H,8-9H2,1-7H3. The van der Waals surface area contributed by atoms with E-state index in [2.05, 4.69) is 0 Å². The van der Waals surface area contributed by atoms with Gasteiger partial charge in [-0.15, -0.1) is 0 Å². The average molecular weight is 347 g/mol. The molecular weight excluding hydrogens is 320 g/mol. The van der Waals surface area contributed by atoms with E-state index < -0.39 is 27.1 Å². The van der Waals surface area contributed by atoms with Gasteiger partial charge in [-0.05, 0) is 6.04 Å². The Morgan fingerprint density at radius 2 is 1.15 bits per heavy atom. The van der Waals surface area contributed by atoms with Crippen LogP contribution in [0, 0.1) is 0 Å². The van der Waals surface area contributed by atoms with E-state index in [0.717, 1.165) is 0 Å². The molecule has 0 N–H and O–H groups in total. The molecule has 8 nitrogen and oxygen atoms in total. The normalized spacial score (nSPS) is 14.6. The molecule has 0 spiro atoms. The Kier molecular flexibility index (Phi) is 10.3. The first-order chi connectivity index (χ1) is 9.50. The molecule has 11 heteroatoms. The Bertz CT molecular complexity index is 233. The minimum Gasteiger partial charge on any atom is -0.400 e. The van der Waals surface area contributed by atoms with Crippen molar-refractivity contribution in [3.63, 3.8) is 0 Å². The first kappa shape index (κ1) is 20.3. The third-order valence-electron chi connectivity index (χ3n) is 2.91. The second-order valence-electron chi connectivity index (χ2n) is 3.73. The van der Waals surface area contributed by atoms with Crippen LogP contribution in [0.1, 0.15) is 0 Å². The highest BCUT2D eigenvalue weighted by Gasteiger charge is 2.46. The van der Waals surface area contributed by atoms with E-state index in [1.165, 1.54) is 21.3 Å². The monoisotopic (exact) mass is 346 g/mol. The second kappa shape index (κ2) is 10.1. The van der Waals surface area contributed by atoms with Crippen LogP contribution < -0.4 is 0 Å². The maximum atomic E-state index is 5.81. The summed E-state index contributed by atoms with van der Waals surface area (Å²) >= 11 is 0. The molecule has 0 aliphatic heterocycles. The van der Waals surface area contributed by atoms with E-state index in [0.29, 0.717) is 12.1 Å². The van der Waals surface area contributed by atoms with Gasteiger partial charge in [-0.25, -0.2) is 0 Å². The van der Waals surface area contributed by atoms with Gasteiger partial charge in [-0.1, -0.05) is 0 Å². The fourth-order valence-corrected chi connectivity index (χ4v) is 9.14. The maximum absolute atomic E-state index is 5.81. The fourth-order valence-electron chi connectivity index (χ4n) is 1.63. The summed E-state index contributed by atoms with van der Waals surface area (Å²) in [5.41, 5.74) is 0. The van der Waals surface area contributed by atoms with Crippen molar-refractivity contribution in [1.29, 1.82) is 0 Å². The van der Waals surface area contributed by atoms with Crippen LogP contribution in [-0.4, -0.2) is 76.9 Å². The molecule has 0 aromatic rings. The molecular formula is C9H26O8Si3. The quantitative estimate of drug-likeness (QED) is 0.462. The van der Waals surface area contributed by atoms with E-state index in [9.17, 15) is 0 Å². The van der Waals surface area contributed by atoms with Crippen molar-refractivity contribution in [3.05, 3.63) is 0 Å². The lowest BCUT2D eigenvalue weighted by Gasteiger charge is -2.29. The van der Waals surface area contributed by atoms with Crippen molar-refractivity contribution in [3.8, 4) is 0 Å². The van der Waals surface area contributed by atoms with E-state index in [1.54, 1.807) is 28.4 Å². The first-order valence-corrected chi connectivity index (χ1v) is 11.3. The van der Waals surface area contributed by atoms with Gasteiger partial charge in [0.1, 0.15) is 0 Å². The van der Waals surface area contributed by atoms with Crippen LogP contribution in [-0.2, 0) is 35.1 Å². The van der Waals surface area contributed by atoms with Crippen molar-refractivity contribution in [2.24, 2.45) is 0 Å². The molecule has 0 bridgehead atoms. The smallest absolute Gasteiger partial charge is 0.400 e. The van der Waals surface area contributed by atoms with Gasteiger partial charge < -0.3 is 35.1 Å². The van der Waals surface area contributed by atoms with E-state index in [1.807, 2.05) is 0 Å². The number of rotatable bonds is 12. The van der Waals surface area contributed by atoms with E-state index in [4.69, 9.17) is 35.1 Å². The van der Waals surface area contributed by atoms with Gasteiger partial charge in [-0.2, -0.15) is 0 Å². The minimum atomic E-state index is -3.10. The third kappa shape index (κ3) is 5.61. The topological polar surface area (TPSA) is 73.8 Å². The van der Waals surface area contributed by atoms with Crippen molar-refractivity contribution in [2.75, 3.05) is 49.8 Å². The van der Waals surface area contributed by atoms with Crippen LogP contribution in [0.3, 0.4) is 0 Å². The van der Waals surface area contributed by atoms with Crippen LogP contribution in [0.25, 0.3) is 0 Å². The lowest BCUT2D eigenvalue weighted by atomic mass is 11.0. The van der Waals surface area contributed by atoms with E-state index >= 15 is 0 Å². The Hall–Kier alpha value is 0.331. The molecule has 0 amide bonds. The summed E-state index contributed by atoms with van der Waals surface area (Å²) in [6.45, 7) is 0. The van der Waals surface area contributed by atoms with E-state index in [-0.39, 0.29) is 0 Å². The van der Waals surface area contributed by atoms with Gasteiger partial charge >= 0.3 is 27.1 Å². The van der Waals surface area contributed by atoms with Crippen molar-refractivity contribution in [2.45, 2.75) is 12.1 Å². The van der Waals surface area contributed by atoms with Gasteiger partial charge in [-0.3, -0.25) is 0 Å². The molecule has 0 fully saturated rings. The zero-order valence-electron chi connectivity index (χ0n) is 13.3. The summed E-state index contributed by atoms with van der Waals surface area (Å²) in [5.74, 6) is 0. The Labute approximate surface area is 124 Å². The predicted octanol–water partition coefficient (Wildman–Crippen LogP) is 0.123. The zero-order chi connectivity index (χ0) is 15.6. The molecule has 0 aliphatic rings. The summed E-state index contributed by atoms with van der Waals surface area (Å²) < 4.78 is 43.0. The predicted molar refractivity (Wildman–Crippen MR) is 78.4 cm³/mol. The second-order valence-corrected chi connectivity index (χ2v) is 11.9. The van der Waals surface area contributed by atoms with Crippen LogP contribution in [0.2, 0.25) is 12.1 Å². The summed E-state index contributed by atoms with van der Waals surface area (Å²) in [7, 11) is 2.97. The molecule has 0 saturated heterocycles. The lowest BCUT2D eigenvalue weighted by Crippen LogP contribution is -2.51. The summed E-state index contributed by atoms with van der Waals surface area (Å²) in [6.07, 6.45) is 0. The van der Waals surface area contributed by atoms with Crippen molar-refractivity contribution >= 4 is 27.1 Å². The van der Waals surface area contributed by atoms with Crippen LogP contribution in [0.4, 0.5) is 0 Å². The van der Waals surface area contributed by atoms with Gasteiger partial charge in [0.2, 0.25) is 0 Å². The van der Waals surface area contributed by atoms with Crippen molar-refractivity contribution in [1.82, 2.24) is 0 Å². The SMILES string of the molecule is CO[SiH](CC[Si](OC)(OC)OC)O[Si](OC)(OC)OC. The van der Waals surface area contributed by atoms with Gasteiger partial charge in [0, 0.05) is 55.8 Å². The Balaban J connectivity index is 4.62. The summed E-state index contributed by atoms with van der Waals surface area (Å²) in [5, 5.41) is 0. The van der Waals surface area contributed by atoms with Crippen LogP contribution in [0.5, 0.6) is 0 Å². The van der Waals surface area contributed by atoms with Gasteiger partial charge in [0.25, 0.3) is 0 Å². The maximum Gasteiger partial charge on any atom is 0.669 e. The molecule has 1 unspecified atom stereocenters. The molecule has 0 saturated carbocycles. The fraction of sp³-hybridized carbons (Fsp3) is 1.00. The molecule has 0 aromatic heterocycles. The molecule has 1 atom stereocenters. The largest absolute Gasteiger partial charge is 0.669 e. The lowest BCUT2D eigenvalue weighted by molar-refractivity contribution is 0.0411. The Morgan fingerprint density at radius 1 is 0.700 bits per heavy atom. The average Bonchev–Trinajstić information content (AvgIpc) is 2.52. The van der Waals surface area contributed by atoms with Crippen molar-refractivity contribution < 1.29 is 35.1 Å². The molecule has 0 heterocycles. The van der Waals surface area contributed by atoms with Gasteiger partial charge in [0.15, 0.2) is 0 Å². The number of hydrogen-bond donors (Lipinski definition) is 0. The minimum absolute atomic E-state index is 0.586. The molecule has 0 radical (unpaired) electrons. The first-order valence-electron chi connectivity index (χ1n) is 6.02. The zero-order valence-corrected chi connectivity index (χ0v) is 16.4. The highest BCUT2D eigenvalue weighted by Crippen LogP contribution is 2.20. The van der Waals surface area contributed by atoms with Crippen LogP contribution >= 0.6 is 0 Å². The Morgan fingerprint density at radius 3 is 1.45 bits per heavy atom. The molecule has 20 heavy (non-hydrogen) atoms. The third-order valence-corrected chi connectivity index (χ3v) is 11.2. The highest BCUT2D eigenvalue weighted by molar-refractivity contribution is 6.66. The molecule has 122 valence electrons.